The molecular weight excluding hydrogens is 198 g/mol. The van der Waals surface area contributed by atoms with E-state index in [-0.39, 0.29) is 6.10 Å². The number of ether oxygens (including phenoxy) is 1. The Morgan fingerprint density at radius 3 is 2.93 bits per heavy atom. The number of hydrogen-bond acceptors (Lipinski definition) is 2. The van der Waals surface area contributed by atoms with E-state index >= 15 is 0 Å². The quantitative estimate of drug-likeness (QED) is 0.564. The average molecular weight is 210 g/mol. The molecule has 0 aromatic carbocycles. The van der Waals surface area contributed by atoms with Gasteiger partial charge in [-0.2, -0.15) is 0 Å². The third-order valence-electron chi connectivity index (χ3n) is 1.72. The summed E-state index contributed by atoms with van der Waals surface area (Å²) in [7, 11) is 0. The Morgan fingerprint density at radius 2 is 2.36 bits per heavy atom. The lowest BCUT2D eigenvalue weighted by atomic mass is 10.2. The smallest absolute Gasteiger partial charge is 0.129 e. The molecule has 0 spiro atoms. The van der Waals surface area contributed by atoms with Gasteiger partial charge < -0.3 is 4.74 Å². The molecule has 1 aromatic rings. The van der Waals surface area contributed by atoms with Crippen LogP contribution in [0.15, 0.2) is 12.1 Å². The van der Waals surface area contributed by atoms with Crippen LogP contribution < -0.4 is 0 Å². The Morgan fingerprint density at radius 1 is 1.64 bits per heavy atom. The predicted molar refractivity (Wildman–Crippen MR) is 57.1 cm³/mol. The molecule has 1 atom stereocenters. The monoisotopic (exact) mass is 209 g/mol. The molecule has 0 amide bonds. The Labute approximate surface area is 89.3 Å². The van der Waals surface area contributed by atoms with E-state index in [1.807, 2.05) is 19.9 Å². The topological polar surface area (TPSA) is 22.1 Å². The van der Waals surface area contributed by atoms with Crippen molar-refractivity contribution in [2.24, 2.45) is 0 Å². The van der Waals surface area contributed by atoms with Crippen molar-refractivity contribution in [3.8, 4) is 12.3 Å². The van der Waals surface area contributed by atoms with Crippen molar-refractivity contribution < 1.29 is 4.74 Å². The molecule has 0 aliphatic rings. The maximum atomic E-state index is 5.79. The first-order valence-electron chi connectivity index (χ1n) is 4.32. The summed E-state index contributed by atoms with van der Waals surface area (Å²) >= 11 is 5.79. The van der Waals surface area contributed by atoms with E-state index in [1.54, 1.807) is 6.07 Å². The van der Waals surface area contributed by atoms with Gasteiger partial charge in [-0.15, -0.1) is 6.42 Å². The van der Waals surface area contributed by atoms with Crippen LogP contribution in [0.5, 0.6) is 0 Å². The molecule has 1 aromatic heterocycles. The van der Waals surface area contributed by atoms with Gasteiger partial charge in [-0.05, 0) is 31.5 Å². The molecule has 1 unspecified atom stereocenters. The van der Waals surface area contributed by atoms with Gasteiger partial charge in [-0.3, -0.25) is 0 Å². The van der Waals surface area contributed by atoms with Crippen LogP contribution in [0, 0.1) is 19.3 Å². The first-order valence-corrected chi connectivity index (χ1v) is 4.70. The summed E-state index contributed by atoms with van der Waals surface area (Å²) in [6.45, 7) is 4.18. The number of aromatic nitrogens is 1. The van der Waals surface area contributed by atoms with E-state index in [9.17, 15) is 0 Å². The van der Waals surface area contributed by atoms with Gasteiger partial charge in [0, 0.05) is 5.69 Å². The van der Waals surface area contributed by atoms with Crippen LogP contribution in [0.1, 0.15) is 18.2 Å². The van der Waals surface area contributed by atoms with Gasteiger partial charge in [-0.25, -0.2) is 4.98 Å². The fourth-order valence-electron chi connectivity index (χ4n) is 1.05. The highest BCUT2D eigenvalue weighted by Crippen LogP contribution is 2.11. The van der Waals surface area contributed by atoms with Gasteiger partial charge >= 0.3 is 0 Å². The number of aryl methyl sites for hydroxylation is 1. The number of rotatable bonds is 3. The summed E-state index contributed by atoms with van der Waals surface area (Å²) < 4.78 is 5.36. The third-order valence-corrected chi connectivity index (χ3v) is 1.91. The Bertz CT molecular complexity index is 337. The van der Waals surface area contributed by atoms with Crippen LogP contribution in [-0.4, -0.2) is 11.1 Å². The molecule has 14 heavy (non-hydrogen) atoms. The fraction of sp³-hybridized carbons (Fsp3) is 0.364. The second-order valence-electron chi connectivity index (χ2n) is 3.06. The number of nitrogens with zero attached hydrogens (tertiary/aromatic N) is 1. The van der Waals surface area contributed by atoms with Crippen molar-refractivity contribution in [2.75, 3.05) is 0 Å². The first kappa shape index (κ1) is 11.0. The lowest BCUT2D eigenvalue weighted by Crippen LogP contribution is -2.04. The minimum absolute atomic E-state index is 0.178. The minimum Gasteiger partial charge on any atom is -0.361 e. The van der Waals surface area contributed by atoms with Gasteiger partial charge in [0.15, 0.2) is 0 Å². The molecule has 1 heterocycles. The summed E-state index contributed by atoms with van der Waals surface area (Å²) in [5.41, 5.74) is 1.87. The molecule has 0 saturated carbocycles. The highest BCUT2D eigenvalue weighted by Gasteiger charge is 2.01. The van der Waals surface area contributed by atoms with Crippen molar-refractivity contribution >= 4 is 11.6 Å². The first-order chi connectivity index (χ1) is 6.61. The molecule has 0 saturated heterocycles. The zero-order chi connectivity index (χ0) is 10.6. The number of terminal acetylenes is 1. The molecule has 0 radical (unpaired) electrons. The normalized spacial score (nSPS) is 12.1. The molecular formula is C11H12ClNO. The van der Waals surface area contributed by atoms with Gasteiger partial charge in [0.05, 0.1) is 6.61 Å². The largest absolute Gasteiger partial charge is 0.361 e. The zero-order valence-electron chi connectivity index (χ0n) is 8.25. The van der Waals surface area contributed by atoms with E-state index < -0.39 is 0 Å². The van der Waals surface area contributed by atoms with Gasteiger partial charge in [0.25, 0.3) is 0 Å². The number of halogens is 1. The van der Waals surface area contributed by atoms with Gasteiger partial charge in [-0.1, -0.05) is 17.5 Å². The van der Waals surface area contributed by atoms with Crippen molar-refractivity contribution in [3.63, 3.8) is 0 Å². The van der Waals surface area contributed by atoms with E-state index in [0.717, 1.165) is 11.3 Å². The summed E-state index contributed by atoms with van der Waals surface area (Å²) in [6.07, 6.45) is 5.00. The summed E-state index contributed by atoms with van der Waals surface area (Å²) in [5, 5.41) is 0.483. The van der Waals surface area contributed by atoms with E-state index in [1.165, 1.54) is 0 Å². The van der Waals surface area contributed by atoms with E-state index in [2.05, 4.69) is 10.9 Å². The van der Waals surface area contributed by atoms with Crippen LogP contribution in [-0.2, 0) is 11.3 Å². The standard InChI is InChI=1S/C11H12ClNO/c1-4-9(3)14-7-10-5-8(2)13-11(12)6-10/h1,5-6,9H,7H2,2-3H3. The molecule has 3 heteroatoms. The van der Waals surface area contributed by atoms with Crippen LogP contribution in [0.3, 0.4) is 0 Å². The lowest BCUT2D eigenvalue weighted by Gasteiger charge is -2.07. The summed E-state index contributed by atoms with van der Waals surface area (Å²) in [6, 6.07) is 3.70. The van der Waals surface area contributed by atoms with Gasteiger partial charge in [0.2, 0.25) is 0 Å². The Hall–Kier alpha value is -1.04. The number of hydrogen-bond donors (Lipinski definition) is 0. The second kappa shape index (κ2) is 4.99. The van der Waals surface area contributed by atoms with Crippen LogP contribution >= 0.6 is 11.6 Å². The molecule has 74 valence electrons. The third kappa shape index (κ3) is 3.37. The summed E-state index contributed by atoms with van der Waals surface area (Å²) in [5.74, 6) is 2.49. The maximum absolute atomic E-state index is 5.79. The average Bonchev–Trinajstić information content (AvgIpc) is 2.12. The fourth-order valence-corrected chi connectivity index (χ4v) is 1.32. The van der Waals surface area contributed by atoms with Crippen molar-refractivity contribution in [1.82, 2.24) is 4.98 Å². The minimum atomic E-state index is -0.178. The molecule has 0 fully saturated rings. The van der Waals surface area contributed by atoms with E-state index in [4.69, 9.17) is 22.8 Å². The van der Waals surface area contributed by atoms with Crippen molar-refractivity contribution in [1.29, 1.82) is 0 Å². The number of pyridine rings is 1. The van der Waals surface area contributed by atoms with Crippen LogP contribution in [0.25, 0.3) is 0 Å². The lowest BCUT2D eigenvalue weighted by molar-refractivity contribution is 0.0901. The second-order valence-corrected chi connectivity index (χ2v) is 3.45. The van der Waals surface area contributed by atoms with Crippen molar-refractivity contribution in [2.45, 2.75) is 26.6 Å². The predicted octanol–water partition coefficient (Wildman–Crippen LogP) is 2.58. The Balaban J connectivity index is 2.64. The zero-order valence-corrected chi connectivity index (χ0v) is 9.01. The van der Waals surface area contributed by atoms with Gasteiger partial charge in [0.1, 0.15) is 11.3 Å². The van der Waals surface area contributed by atoms with Crippen LogP contribution in [0.2, 0.25) is 5.15 Å². The molecule has 1 rings (SSSR count). The Kier molecular flexibility index (Phi) is 3.94. The maximum Gasteiger partial charge on any atom is 0.129 e. The van der Waals surface area contributed by atoms with Crippen LogP contribution in [0.4, 0.5) is 0 Å². The van der Waals surface area contributed by atoms with E-state index in [0.29, 0.717) is 11.8 Å². The molecule has 0 bridgehead atoms. The SMILES string of the molecule is C#CC(C)OCc1cc(C)nc(Cl)c1. The molecule has 2 nitrogen and oxygen atoms in total. The highest BCUT2D eigenvalue weighted by atomic mass is 35.5. The highest BCUT2D eigenvalue weighted by molar-refractivity contribution is 6.29. The molecule has 0 aliphatic heterocycles. The van der Waals surface area contributed by atoms with Crippen molar-refractivity contribution in [3.05, 3.63) is 28.5 Å². The molecule has 0 N–H and O–H groups in total. The molecule has 0 aliphatic carbocycles. The summed E-state index contributed by atoms with van der Waals surface area (Å²) in [4.78, 5) is 4.05.